The third-order valence-corrected chi connectivity index (χ3v) is 6.29. The summed E-state index contributed by atoms with van der Waals surface area (Å²) in [6.07, 6.45) is 8.89. The van der Waals surface area contributed by atoms with Crippen molar-refractivity contribution in [2.75, 3.05) is 18.0 Å². The van der Waals surface area contributed by atoms with Gasteiger partial charge in [-0.25, -0.2) is 8.78 Å². The van der Waals surface area contributed by atoms with Crippen LogP contribution in [0.25, 0.3) is 0 Å². The average molecular weight is 410 g/mol. The van der Waals surface area contributed by atoms with Gasteiger partial charge in [0.1, 0.15) is 17.9 Å². The predicted molar refractivity (Wildman–Crippen MR) is 104 cm³/mol. The molecule has 8 heteroatoms. The van der Waals surface area contributed by atoms with Crippen molar-refractivity contribution < 1.29 is 18.3 Å². The lowest BCUT2D eigenvalue weighted by atomic mass is 9.89. The van der Waals surface area contributed by atoms with Gasteiger partial charge in [-0.3, -0.25) is 4.79 Å². The van der Waals surface area contributed by atoms with Gasteiger partial charge >= 0.3 is 0 Å². The minimum atomic E-state index is -0.900. The number of carbonyl (C=O) groups excluding carboxylic acids is 1. The Hall–Kier alpha value is -3.05. The number of hydrogen-bond donors (Lipinski definition) is 0. The molecule has 6 nitrogen and oxygen atoms in total. The Kier molecular flexibility index (Phi) is 4.44. The highest BCUT2D eigenvalue weighted by molar-refractivity contribution is 5.88. The van der Waals surface area contributed by atoms with Crippen LogP contribution in [-0.2, 0) is 9.53 Å². The molecule has 154 valence electrons. The van der Waals surface area contributed by atoms with Gasteiger partial charge in [-0.1, -0.05) is 5.92 Å². The van der Waals surface area contributed by atoms with Crippen LogP contribution >= 0.6 is 0 Å². The number of nitrogens with zero attached hydrogens (tertiary/aromatic N) is 4. The number of piperidine rings is 1. The highest BCUT2D eigenvalue weighted by Gasteiger charge is 2.58. The first-order valence-corrected chi connectivity index (χ1v) is 10.00. The SMILES string of the molecule is C#Cc1cnnc(N2CCC3(CC2)O[C@@H]2CC[C@@H](c4cc(F)cc(F)c4)N2C3=O)c1. The highest BCUT2D eigenvalue weighted by Crippen LogP contribution is 2.48. The Morgan fingerprint density at radius 3 is 2.57 bits per heavy atom. The van der Waals surface area contributed by atoms with E-state index in [4.69, 9.17) is 11.2 Å². The molecule has 3 aliphatic rings. The summed E-state index contributed by atoms with van der Waals surface area (Å²) in [7, 11) is 0. The molecule has 1 amide bonds. The molecule has 0 bridgehead atoms. The van der Waals surface area contributed by atoms with E-state index in [0.29, 0.717) is 55.7 Å². The molecule has 2 atom stereocenters. The fourth-order valence-electron chi connectivity index (χ4n) is 4.83. The fourth-order valence-corrected chi connectivity index (χ4v) is 4.83. The van der Waals surface area contributed by atoms with Gasteiger partial charge in [0.2, 0.25) is 0 Å². The van der Waals surface area contributed by atoms with Gasteiger partial charge in [-0.15, -0.1) is 11.5 Å². The number of rotatable bonds is 2. The molecule has 1 aromatic heterocycles. The Morgan fingerprint density at radius 2 is 1.87 bits per heavy atom. The Balaban J connectivity index is 1.34. The van der Waals surface area contributed by atoms with E-state index in [1.165, 1.54) is 18.3 Å². The van der Waals surface area contributed by atoms with Crippen LogP contribution in [0.2, 0.25) is 0 Å². The van der Waals surface area contributed by atoms with Crippen LogP contribution in [0.5, 0.6) is 0 Å². The molecule has 30 heavy (non-hydrogen) atoms. The molecule has 4 heterocycles. The third-order valence-electron chi connectivity index (χ3n) is 6.29. The predicted octanol–water partition coefficient (Wildman–Crippen LogP) is 2.80. The second-order valence-electron chi connectivity index (χ2n) is 8.01. The lowest BCUT2D eigenvalue weighted by Gasteiger charge is -2.38. The Bertz CT molecular complexity index is 1030. The topological polar surface area (TPSA) is 58.6 Å². The molecule has 1 spiro atoms. The fraction of sp³-hybridized carbons (Fsp3) is 0.409. The van der Waals surface area contributed by atoms with Crippen LogP contribution in [0.15, 0.2) is 30.5 Å². The average Bonchev–Trinajstić information content (AvgIpc) is 3.26. The lowest BCUT2D eigenvalue weighted by molar-refractivity contribution is -0.140. The maximum absolute atomic E-state index is 13.7. The van der Waals surface area contributed by atoms with Crippen molar-refractivity contribution in [1.82, 2.24) is 15.1 Å². The second-order valence-corrected chi connectivity index (χ2v) is 8.01. The van der Waals surface area contributed by atoms with Crippen LogP contribution in [0.1, 0.15) is 42.9 Å². The first-order valence-electron chi connectivity index (χ1n) is 10.00. The van der Waals surface area contributed by atoms with E-state index in [1.54, 1.807) is 11.0 Å². The zero-order valence-electron chi connectivity index (χ0n) is 16.2. The summed E-state index contributed by atoms with van der Waals surface area (Å²) in [5.74, 6) is 1.86. The molecule has 5 rings (SSSR count). The zero-order valence-corrected chi connectivity index (χ0v) is 16.2. The maximum Gasteiger partial charge on any atom is 0.257 e. The number of fused-ring (bicyclic) bond motifs is 1. The lowest BCUT2D eigenvalue weighted by Crippen LogP contribution is -2.50. The molecule has 0 radical (unpaired) electrons. The number of anilines is 1. The van der Waals surface area contributed by atoms with Crippen molar-refractivity contribution in [2.45, 2.75) is 43.6 Å². The molecule has 0 aliphatic carbocycles. The smallest absolute Gasteiger partial charge is 0.257 e. The van der Waals surface area contributed by atoms with Crippen molar-refractivity contribution in [3.8, 4) is 12.3 Å². The van der Waals surface area contributed by atoms with E-state index in [0.717, 1.165) is 6.07 Å². The molecular formula is C22H20F2N4O2. The number of ether oxygens (including phenoxy) is 1. The van der Waals surface area contributed by atoms with Crippen LogP contribution in [0, 0.1) is 24.0 Å². The molecule has 2 aromatic rings. The monoisotopic (exact) mass is 410 g/mol. The molecule has 0 N–H and O–H groups in total. The minimum absolute atomic E-state index is 0.0946. The van der Waals surface area contributed by atoms with Crippen LogP contribution in [-0.4, -0.2) is 45.9 Å². The van der Waals surface area contributed by atoms with Gasteiger partial charge in [0.05, 0.1) is 12.2 Å². The van der Waals surface area contributed by atoms with Crippen molar-refractivity contribution in [2.24, 2.45) is 0 Å². The molecule has 3 fully saturated rings. The van der Waals surface area contributed by atoms with E-state index in [2.05, 4.69) is 16.1 Å². The molecular weight excluding hydrogens is 390 g/mol. The van der Waals surface area contributed by atoms with Gasteiger partial charge in [0, 0.05) is 37.6 Å². The van der Waals surface area contributed by atoms with E-state index in [1.807, 2.05) is 4.90 Å². The summed E-state index contributed by atoms with van der Waals surface area (Å²) in [6, 6.07) is 4.87. The molecule has 1 aromatic carbocycles. The van der Waals surface area contributed by atoms with Crippen LogP contribution in [0.3, 0.4) is 0 Å². The van der Waals surface area contributed by atoms with Crippen molar-refractivity contribution in [3.05, 3.63) is 53.2 Å². The number of carbonyl (C=O) groups is 1. The largest absolute Gasteiger partial charge is 0.355 e. The first kappa shape index (κ1) is 18.9. The number of benzene rings is 1. The van der Waals surface area contributed by atoms with E-state index in [9.17, 15) is 13.6 Å². The molecule has 0 unspecified atom stereocenters. The second kappa shape index (κ2) is 7.03. The first-order chi connectivity index (χ1) is 14.5. The summed E-state index contributed by atoms with van der Waals surface area (Å²) in [5.41, 5.74) is 0.227. The highest BCUT2D eigenvalue weighted by atomic mass is 19.1. The zero-order chi connectivity index (χ0) is 20.9. The quantitative estimate of drug-likeness (QED) is 0.713. The van der Waals surface area contributed by atoms with Gasteiger partial charge in [0.15, 0.2) is 11.4 Å². The summed E-state index contributed by atoms with van der Waals surface area (Å²) in [4.78, 5) is 17.1. The standard InChI is InChI=1S/C22H20F2N4O2/c1-2-14-9-19(26-25-13-14)27-7-5-22(6-8-27)21(29)28-18(3-4-20(28)30-22)15-10-16(23)12-17(24)11-15/h1,9-13,18,20H,3-8H2/t18-,20+/m0/s1. The normalized spacial score (nSPS) is 24.9. The van der Waals surface area contributed by atoms with Gasteiger partial charge in [-0.05, 0) is 36.6 Å². The summed E-state index contributed by atoms with van der Waals surface area (Å²) in [6.45, 7) is 1.16. The van der Waals surface area contributed by atoms with E-state index >= 15 is 0 Å². The van der Waals surface area contributed by atoms with Crippen molar-refractivity contribution in [1.29, 1.82) is 0 Å². The van der Waals surface area contributed by atoms with Gasteiger partial charge in [0.25, 0.3) is 5.91 Å². The van der Waals surface area contributed by atoms with E-state index < -0.39 is 17.2 Å². The summed E-state index contributed by atoms with van der Waals surface area (Å²) in [5, 5.41) is 8.08. The minimum Gasteiger partial charge on any atom is -0.355 e. The third kappa shape index (κ3) is 3.01. The van der Waals surface area contributed by atoms with Crippen molar-refractivity contribution in [3.63, 3.8) is 0 Å². The summed E-state index contributed by atoms with van der Waals surface area (Å²) < 4.78 is 33.7. The number of terminal acetylenes is 1. The molecule has 3 saturated heterocycles. The van der Waals surface area contributed by atoms with E-state index in [-0.39, 0.29) is 18.2 Å². The van der Waals surface area contributed by atoms with Crippen molar-refractivity contribution >= 4 is 11.7 Å². The molecule has 3 aliphatic heterocycles. The summed E-state index contributed by atoms with van der Waals surface area (Å²) >= 11 is 0. The Morgan fingerprint density at radius 1 is 1.13 bits per heavy atom. The maximum atomic E-state index is 13.7. The number of aromatic nitrogens is 2. The number of hydrogen-bond acceptors (Lipinski definition) is 5. The van der Waals surface area contributed by atoms with Crippen LogP contribution in [0.4, 0.5) is 14.6 Å². The Labute approximate surface area is 172 Å². The molecule has 0 saturated carbocycles. The van der Waals surface area contributed by atoms with Crippen LogP contribution < -0.4 is 4.90 Å². The number of halogens is 2. The number of amides is 1. The van der Waals surface area contributed by atoms with Gasteiger partial charge < -0.3 is 14.5 Å². The van der Waals surface area contributed by atoms with Gasteiger partial charge in [-0.2, -0.15) is 5.10 Å².